The predicted molar refractivity (Wildman–Crippen MR) is 79.2 cm³/mol. The first-order valence-electron chi connectivity index (χ1n) is 7.19. The van der Waals surface area contributed by atoms with Gasteiger partial charge in [0.25, 0.3) is 0 Å². The molecule has 112 valence electrons. The van der Waals surface area contributed by atoms with Gasteiger partial charge in [0.15, 0.2) is 0 Å². The van der Waals surface area contributed by atoms with Crippen molar-refractivity contribution < 1.29 is 14.6 Å². The molecule has 1 aliphatic rings. The number of methoxy groups -OCH3 is 1. The molecule has 1 aliphatic heterocycles. The summed E-state index contributed by atoms with van der Waals surface area (Å²) < 4.78 is 10.7. The highest BCUT2D eigenvalue weighted by Gasteiger charge is 2.27. The summed E-state index contributed by atoms with van der Waals surface area (Å²) in [5.74, 6) is 0.738. The van der Waals surface area contributed by atoms with Gasteiger partial charge >= 0.3 is 0 Å². The molecule has 0 bridgehead atoms. The molecule has 0 spiro atoms. The molecule has 4 nitrogen and oxygen atoms in total. The number of aryl methyl sites for hydroxylation is 1. The van der Waals surface area contributed by atoms with Gasteiger partial charge in [-0.3, -0.25) is 0 Å². The summed E-state index contributed by atoms with van der Waals surface area (Å²) in [5, 5.41) is 13.9. The van der Waals surface area contributed by atoms with Gasteiger partial charge < -0.3 is 19.9 Å². The van der Waals surface area contributed by atoms with Gasteiger partial charge in [-0.25, -0.2) is 0 Å². The van der Waals surface area contributed by atoms with Crippen LogP contribution in [-0.4, -0.2) is 37.5 Å². The summed E-state index contributed by atoms with van der Waals surface area (Å²) in [6.45, 7) is 6.30. The van der Waals surface area contributed by atoms with Crippen LogP contribution < -0.4 is 10.1 Å². The zero-order valence-electron chi connectivity index (χ0n) is 12.6. The van der Waals surface area contributed by atoms with Gasteiger partial charge in [0.05, 0.1) is 13.2 Å². The highest BCUT2D eigenvalue weighted by molar-refractivity contribution is 5.38. The number of aliphatic hydroxyl groups is 1. The lowest BCUT2D eigenvalue weighted by Gasteiger charge is -2.35. The molecule has 1 saturated heterocycles. The van der Waals surface area contributed by atoms with E-state index < -0.39 is 6.10 Å². The Bertz CT molecular complexity index is 441. The Balaban J connectivity index is 2.00. The molecule has 1 atom stereocenters. The van der Waals surface area contributed by atoms with Crippen molar-refractivity contribution in [3.8, 4) is 5.75 Å². The van der Waals surface area contributed by atoms with Gasteiger partial charge in [-0.05, 0) is 38.8 Å². The number of benzene rings is 1. The second-order valence-corrected chi connectivity index (χ2v) is 5.82. The zero-order chi connectivity index (χ0) is 14.6. The van der Waals surface area contributed by atoms with Gasteiger partial charge in [0.2, 0.25) is 0 Å². The topological polar surface area (TPSA) is 50.7 Å². The van der Waals surface area contributed by atoms with Crippen molar-refractivity contribution in [1.82, 2.24) is 5.32 Å². The maximum atomic E-state index is 10.4. The molecular formula is C16H25NO3. The largest absolute Gasteiger partial charge is 0.496 e. The van der Waals surface area contributed by atoms with Crippen molar-refractivity contribution >= 4 is 0 Å². The van der Waals surface area contributed by atoms with Crippen molar-refractivity contribution in [3.63, 3.8) is 0 Å². The number of aliphatic hydroxyl groups excluding tert-OH is 1. The Morgan fingerprint density at radius 3 is 2.75 bits per heavy atom. The Hall–Kier alpha value is -1.10. The van der Waals surface area contributed by atoms with Crippen molar-refractivity contribution in [1.29, 1.82) is 0 Å². The average Bonchev–Trinajstić information content (AvgIpc) is 2.45. The van der Waals surface area contributed by atoms with Gasteiger partial charge in [-0.15, -0.1) is 0 Å². The summed E-state index contributed by atoms with van der Waals surface area (Å²) in [6.07, 6.45) is 1.39. The van der Waals surface area contributed by atoms with E-state index in [0.29, 0.717) is 6.54 Å². The van der Waals surface area contributed by atoms with Gasteiger partial charge in [-0.2, -0.15) is 0 Å². The summed E-state index contributed by atoms with van der Waals surface area (Å²) in [6, 6.07) is 5.88. The Morgan fingerprint density at radius 2 is 2.10 bits per heavy atom. The third-order valence-corrected chi connectivity index (χ3v) is 4.06. The first-order chi connectivity index (χ1) is 9.54. The van der Waals surface area contributed by atoms with Crippen molar-refractivity contribution in [3.05, 3.63) is 29.3 Å². The van der Waals surface area contributed by atoms with Crippen LogP contribution >= 0.6 is 0 Å². The highest BCUT2D eigenvalue weighted by atomic mass is 16.5. The lowest BCUT2D eigenvalue weighted by molar-refractivity contribution is 0.0386. The number of hydrogen-bond acceptors (Lipinski definition) is 4. The summed E-state index contributed by atoms with van der Waals surface area (Å²) in [7, 11) is 1.63. The second-order valence-electron chi connectivity index (χ2n) is 5.82. The van der Waals surface area contributed by atoms with Crippen LogP contribution in [0.3, 0.4) is 0 Å². The number of ether oxygens (including phenoxy) is 2. The van der Waals surface area contributed by atoms with Gasteiger partial charge in [0.1, 0.15) is 5.75 Å². The molecule has 1 aromatic rings. The number of rotatable bonds is 5. The van der Waals surface area contributed by atoms with Crippen LogP contribution in [0.1, 0.15) is 37.0 Å². The van der Waals surface area contributed by atoms with Crippen molar-refractivity contribution in [2.24, 2.45) is 0 Å². The van der Waals surface area contributed by atoms with Gasteiger partial charge in [0, 0.05) is 30.9 Å². The molecule has 1 fully saturated rings. The molecule has 0 radical (unpaired) electrons. The van der Waals surface area contributed by atoms with E-state index in [4.69, 9.17) is 9.47 Å². The molecular weight excluding hydrogens is 254 g/mol. The zero-order valence-corrected chi connectivity index (χ0v) is 12.6. The van der Waals surface area contributed by atoms with E-state index in [-0.39, 0.29) is 5.54 Å². The van der Waals surface area contributed by atoms with Crippen LogP contribution in [0.2, 0.25) is 0 Å². The lowest BCUT2D eigenvalue weighted by Crippen LogP contribution is -2.48. The minimum absolute atomic E-state index is 0.0519. The van der Waals surface area contributed by atoms with E-state index >= 15 is 0 Å². The Morgan fingerprint density at radius 1 is 1.40 bits per heavy atom. The van der Waals surface area contributed by atoms with E-state index in [1.54, 1.807) is 7.11 Å². The van der Waals surface area contributed by atoms with Crippen LogP contribution in [0.15, 0.2) is 18.2 Å². The van der Waals surface area contributed by atoms with Crippen LogP contribution in [0, 0.1) is 6.92 Å². The maximum absolute atomic E-state index is 10.4. The standard InChI is InChI=1S/C16H25NO3/c1-12-4-5-15(19-3)13(10-12)14(18)11-17-16(2)6-8-20-9-7-16/h4-5,10,14,17-18H,6-9,11H2,1-3H3. The number of β-amino-alcohol motifs (C(OH)–C–C–N with tert-alkyl or cyclic N) is 1. The molecule has 0 aromatic heterocycles. The van der Waals surface area contributed by atoms with Crippen LogP contribution in [-0.2, 0) is 4.74 Å². The first-order valence-corrected chi connectivity index (χ1v) is 7.19. The second kappa shape index (κ2) is 6.57. The summed E-state index contributed by atoms with van der Waals surface area (Å²) >= 11 is 0. The monoisotopic (exact) mass is 279 g/mol. The van der Waals surface area contributed by atoms with E-state index in [0.717, 1.165) is 42.9 Å². The smallest absolute Gasteiger partial charge is 0.124 e. The minimum Gasteiger partial charge on any atom is -0.496 e. The molecule has 0 saturated carbocycles. The predicted octanol–water partition coefficient (Wildman–Crippen LogP) is 2.20. The molecule has 2 N–H and O–H groups in total. The van der Waals surface area contributed by atoms with Crippen LogP contribution in [0.4, 0.5) is 0 Å². The van der Waals surface area contributed by atoms with Gasteiger partial charge in [-0.1, -0.05) is 11.6 Å². The first kappa shape index (κ1) is 15.3. The molecule has 1 heterocycles. The van der Waals surface area contributed by atoms with Crippen LogP contribution in [0.5, 0.6) is 5.75 Å². The SMILES string of the molecule is COc1ccc(C)cc1C(O)CNC1(C)CCOCC1. The molecule has 20 heavy (non-hydrogen) atoms. The summed E-state index contributed by atoms with van der Waals surface area (Å²) in [5.41, 5.74) is 2.02. The lowest BCUT2D eigenvalue weighted by atomic mass is 9.92. The fourth-order valence-corrected chi connectivity index (χ4v) is 2.57. The van der Waals surface area contributed by atoms with E-state index in [9.17, 15) is 5.11 Å². The molecule has 2 rings (SSSR count). The summed E-state index contributed by atoms with van der Waals surface area (Å²) in [4.78, 5) is 0. The molecule has 4 heteroatoms. The maximum Gasteiger partial charge on any atom is 0.124 e. The van der Waals surface area contributed by atoms with E-state index in [1.807, 2.05) is 25.1 Å². The van der Waals surface area contributed by atoms with Crippen molar-refractivity contribution in [2.45, 2.75) is 38.3 Å². The Kier molecular flexibility index (Phi) is 5.02. The fourth-order valence-electron chi connectivity index (χ4n) is 2.57. The fraction of sp³-hybridized carbons (Fsp3) is 0.625. The normalized spacial score (nSPS) is 19.6. The third kappa shape index (κ3) is 3.72. The quantitative estimate of drug-likeness (QED) is 0.867. The third-order valence-electron chi connectivity index (χ3n) is 4.06. The minimum atomic E-state index is -0.565. The average molecular weight is 279 g/mol. The molecule has 1 unspecified atom stereocenters. The molecule has 1 aromatic carbocycles. The molecule has 0 amide bonds. The molecule has 0 aliphatic carbocycles. The van der Waals surface area contributed by atoms with Crippen molar-refractivity contribution in [2.75, 3.05) is 26.9 Å². The number of hydrogen-bond donors (Lipinski definition) is 2. The highest BCUT2D eigenvalue weighted by Crippen LogP contribution is 2.27. The van der Waals surface area contributed by atoms with E-state index in [1.165, 1.54) is 0 Å². The van der Waals surface area contributed by atoms with E-state index in [2.05, 4.69) is 12.2 Å². The van der Waals surface area contributed by atoms with Crippen LogP contribution in [0.25, 0.3) is 0 Å². The Labute approximate surface area is 121 Å². The number of nitrogens with one attached hydrogen (secondary N) is 1.